The van der Waals surface area contributed by atoms with Crippen LogP contribution in [0.3, 0.4) is 0 Å². The molecule has 1 saturated heterocycles. The van der Waals surface area contributed by atoms with E-state index in [2.05, 4.69) is 15.9 Å². The molecule has 2 N–H and O–H groups in total. The van der Waals surface area contributed by atoms with Crippen molar-refractivity contribution in [2.45, 2.75) is 12.8 Å². The molecule has 1 aliphatic rings. The van der Waals surface area contributed by atoms with Crippen LogP contribution in [0.15, 0.2) is 18.2 Å². The Morgan fingerprint density at radius 1 is 1.33 bits per heavy atom. The van der Waals surface area contributed by atoms with Crippen LogP contribution in [0.25, 0.3) is 0 Å². The molecule has 1 amide bonds. The molecular weight excluding hydrogens is 298 g/mol. The molecule has 1 aliphatic heterocycles. The molecule has 1 fully saturated rings. The van der Waals surface area contributed by atoms with Crippen molar-refractivity contribution in [1.82, 2.24) is 4.90 Å². The first kappa shape index (κ1) is 13.2. The number of phenols is 2. The number of alkyl halides is 1. The number of piperidine rings is 1. The Kier molecular flexibility index (Phi) is 4.11. The molecule has 2 rings (SSSR count). The van der Waals surface area contributed by atoms with Gasteiger partial charge in [-0.3, -0.25) is 4.79 Å². The van der Waals surface area contributed by atoms with Crippen LogP contribution in [0, 0.1) is 5.92 Å². The molecule has 0 saturated carbocycles. The number of halogens is 1. The molecule has 0 atom stereocenters. The lowest BCUT2D eigenvalue weighted by atomic mass is 9.98. The molecule has 98 valence electrons. The molecule has 0 aromatic heterocycles. The highest BCUT2D eigenvalue weighted by molar-refractivity contribution is 9.09. The summed E-state index contributed by atoms with van der Waals surface area (Å²) in [5.41, 5.74) is 0.173. The number of nitrogens with zero attached hydrogens (tertiary/aromatic N) is 1. The first-order chi connectivity index (χ1) is 8.63. The third-order valence-corrected chi connectivity index (χ3v) is 4.28. The van der Waals surface area contributed by atoms with Crippen molar-refractivity contribution in [2.24, 2.45) is 5.92 Å². The third kappa shape index (κ3) is 2.61. The number of phenolic OH excluding ortho intramolecular Hbond substituents is 2. The third-order valence-electron chi connectivity index (χ3n) is 3.37. The van der Waals surface area contributed by atoms with E-state index < -0.39 is 0 Å². The minimum Gasteiger partial charge on any atom is -0.504 e. The Labute approximate surface area is 114 Å². The van der Waals surface area contributed by atoms with E-state index in [0.717, 1.165) is 18.2 Å². The van der Waals surface area contributed by atoms with E-state index in [-0.39, 0.29) is 23.0 Å². The van der Waals surface area contributed by atoms with E-state index in [1.165, 1.54) is 12.1 Å². The molecule has 5 heteroatoms. The van der Waals surface area contributed by atoms with E-state index in [1.807, 2.05) is 0 Å². The van der Waals surface area contributed by atoms with Crippen molar-refractivity contribution >= 4 is 21.8 Å². The average Bonchev–Trinajstić information content (AvgIpc) is 2.41. The summed E-state index contributed by atoms with van der Waals surface area (Å²) in [6.45, 7) is 1.40. The van der Waals surface area contributed by atoms with Gasteiger partial charge >= 0.3 is 0 Å². The van der Waals surface area contributed by atoms with E-state index in [4.69, 9.17) is 0 Å². The zero-order valence-corrected chi connectivity index (χ0v) is 11.6. The summed E-state index contributed by atoms with van der Waals surface area (Å²) in [5, 5.41) is 20.1. The highest BCUT2D eigenvalue weighted by Crippen LogP contribution is 2.30. The van der Waals surface area contributed by atoms with Crippen molar-refractivity contribution in [2.75, 3.05) is 18.4 Å². The van der Waals surface area contributed by atoms with Crippen molar-refractivity contribution in [3.05, 3.63) is 23.8 Å². The fraction of sp³-hybridized carbons (Fsp3) is 0.462. The van der Waals surface area contributed by atoms with Gasteiger partial charge in [-0.15, -0.1) is 0 Å². The van der Waals surface area contributed by atoms with Gasteiger partial charge in [0.25, 0.3) is 5.91 Å². The lowest BCUT2D eigenvalue weighted by molar-refractivity contribution is 0.0695. The largest absolute Gasteiger partial charge is 0.504 e. The van der Waals surface area contributed by atoms with Gasteiger partial charge in [-0.1, -0.05) is 22.0 Å². The van der Waals surface area contributed by atoms with E-state index in [1.54, 1.807) is 11.0 Å². The normalized spacial score (nSPS) is 16.8. The Hall–Kier alpha value is -1.23. The molecule has 1 heterocycles. The highest BCUT2D eigenvalue weighted by Gasteiger charge is 2.25. The van der Waals surface area contributed by atoms with E-state index in [0.29, 0.717) is 19.0 Å². The minimum atomic E-state index is -0.329. The number of hydrogen-bond donors (Lipinski definition) is 2. The SMILES string of the molecule is O=C(c1cccc(O)c1O)N1CCC(CBr)CC1. The molecule has 0 radical (unpaired) electrons. The van der Waals surface area contributed by atoms with Gasteiger partial charge in [-0.05, 0) is 30.9 Å². The Bertz CT molecular complexity index is 442. The van der Waals surface area contributed by atoms with Crippen LogP contribution < -0.4 is 0 Å². The average molecular weight is 314 g/mol. The second-order valence-electron chi connectivity index (χ2n) is 4.56. The number of rotatable bonds is 2. The number of carbonyl (C=O) groups is 1. The predicted molar refractivity (Wildman–Crippen MR) is 72.2 cm³/mol. The van der Waals surface area contributed by atoms with Gasteiger partial charge in [0.1, 0.15) is 0 Å². The summed E-state index contributed by atoms with van der Waals surface area (Å²) in [6.07, 6.45) is 1.94. The lowest BCUT2D eigenvalue weighted by Crippen LogP contribution is -2.38. The molecule has 0 spiro atoms. The second-order valence-corrected chi connectivity index (χ2v) is 5.21. The predicted octanol–water partition coefficient (Wildman–Crippen LogP) is 2.34. The molecule has 4 nitrogen and oxygen atoms in total. The highest BCUT2D eigenvalue weighted by atomic mass is 79.9. The molecule has 0 bridgehead atoms. The second kappa shape index (κ2) is 5.61. The monoisotopic (exact) mass is 313 g/mol. The summed E-state index contributed by atoms with van der Waals surface area (Å²) in [5.74, 6) is -0.176. The maximum Gasteiger partial charge on any atom is 0.257 e. The summed E-state index contributed by atoms with van der Waals surface area (Å²) in [4.78, 5) is 13.9. The van der Waals surface area contributed by atoms with Crippen molar-refractivity contribution in [3.8, 4) is 11.5 Å². The number of likely N-dealkylation sites (tertiary alicyclic amines) is 1. The van der Waals surface area contributed by atoms with Gasteiger partial charge in [0.05, 0.1) is 5.56 Å². The molecule has 0 unspecified atom stereocenters. The number of para-hydroxylation sites is 1. The molecule has 18 heavy (non-hydrogen) atoms. The van der Waals surface area contributed by atoms with Gasteiger partial charge in [-0.25, -0.2) is 0 Å². The molecule has 1 aromatic carbocycles. The maximum atomic E-state index is 12.2. The van der Waals surface area contributed by atoms with Crippen LogP contribution in [0.2, 0.25) is 0 Å². The Morgan fingerprint density at radius 2 is 2.00 bits per heavy atom. The van der Waals surface area contributed by atoms with Crippen molar-refractivity contribution in [1.29, 1.82) is 0 Å². The first-order valence-electron chi connectivity index (χ1n) is 5.99. The topological polar surface area (TPSA) is 60.8 Å². The van der Waals surface area contributed by atoms with Gasteiger partial charge in [-0.2, -0.15) is 0 Å². The lowest BCUT2D eigenvalue weighted by Gasteiger charge is -2.31. The van der Waals surface area contributed by atoms with Gasteiger partial charge in [0, 0.05) is 18.4 Å². The number of amides is 1. The number of aromatic hydroxyl groups is 2. The van der Waals surface area contributed by atoms with Gasteiger partial charge < -0.3 is 15.1 Å². The zero-order chi connectivity index (χ0) is 13.1. The van der Waals surface area contributed by atoms with Crippen LogP contribution >= 0.6 is 15.9 Å². The summed E-state index contributed by atoms with van der Waals surface area (Å²) >= 11 is 3.46. The molecule has 0 aliphatic carbocycles. The van der Waals surface area contributed by atoms with Gasteiger partial charge in [0.2, 0.25) is 0 Å². The van der Waals surface area contributed by atoms with E-state index in [9.17, 15) is 15.0 Å². The summed E-state index contributed by atoms with van der Waals surface area (Å²) < 4.78 is 0. The number of carbonyl (C=O) groups excluding carboxylic acids is 1. The standard InChI is InChI=1S/C13H16BrNO3/c14-8-9-4-6-15(7-5-9)13(18)10-2-1-3-11(16)12(10)17/h1-3,9,16-17H,4-8H2. The number of hydrogen-bond acceptors (Lipinski definition) is 3. The molecular formula is C13H16BrNO3. The van der Waals surface area contributed by atoms with Crippen LogP contribution in [-0.4, -0.2) is 39.4 Å². The Balaban J connectivity index is 2.10. The summed E-state index contributed by atoms with van der Waals surface area (Å²) in [6, 6.07) is 4.46. The quantitative estimate of drug-likeness (QED) is 0.651. The van der Waals surface area contributed by atoms with Crippen LogP contribution in [0.5, 0.6) is 11.5 Å². The summed E-state index contributed by atoms with van der Waals surface area (Å²) in [7, 11) is 0. The Morgan fingerprint density at radius 3 is 2.61 bits per heavy atom. The van der Waals surface area contributed by atoms with Crippen LogP contribution in [0.1, 0.15) is 23.2 Å². The number of benzene rings is 1. The van der Waals surface area contributed by atoms with Crippen LogP contribution in [0.4, 0.5) is 0 Å². The minimum absolute atomic E-state index is 0.173. The smallest absolute Gasteiger partial charge is 0.257 e. The fourth-order valence-electron chi connectivity index (χ4n) is 2.16. The van der Waals surface area contributed by atoms with Crippen LogP contribution in [-0.2, 0) is 0 Å². The first-order valence-corrected chi connectivity index (χ1v) is 7.11. The molecule has 1 aromatic rings. The van der Waals surface area contributed by atoms with Crippen molar-refractivity contribution < 1.29 is 15.0 Å². The fourth-order valence-corrected chi connectivity index (χ4v) is 2.81. The zero-order valence-electron chi connectivity index (χ0n) is 9.97. The van der Waals surface area contributed by atoms with Gasteiger partial charge in [0.15, 0.2) is 11.5 Å². The maximum absolute atomic E-state index is 12.2. The van der Waals surface area contributed by atoms with Crippen molar-refractivity contribution in [3.63, 3.8) is 0 Å². The van der Waals surface area contributed by atoms with E-state index >= 15 is 0 Å².